The first-order valence-electron chi connectivity index (χ1n) is 5.66. The van der Waals surface area contributed by atoms with Gasteiger partial charge in [-0.05, 0) is 38.6 Å². The summed E-state index contributed by atoms with van der Waals surface area (Å²) in [6.45, 7) is 2.92. The highest BCUT2D eigenvalue weighted by atomic mass is 16.4. The van der Waals surface area contributed by atoms with Crippen molar-refractivity contribution in [2.45, 2.75) is 45.1 Å². The van der Waals surface area contributed by atoms with Crippen LogP contribution in [0.25, 0.3) is 0 Å². The second-order valence-electron chi connectivity index (χ2n) is 3.94. The zero-order valence-electron chi connectivity index (χ0n) is 9.37. The number of amidine groups is 1. The summed E-state index contributed by atoms with van der Waals surface area (Å²) in [6, 6.07) is -0.00277. The smallest absolute Gasteiger partial charge is 0.156 e. The van der Waals surface area contributed by atoms with Crippen molar-refractivity contribution in [3.63, 3.8) is 0 Å². The molecule has 1 aliphatic carbocycles. The van der Waals surface area contributed by atoms with Gasteiger partial charge in [0, 0.05) is 0 Å². The van der Waals surface area contributed by atoms with Gasteiger partial charge in [0.1, 0.15) is 0 Å². The third kappa shape index (κ3) is 3.91. The highest BCUT2D eigenvalue weighted by molar-refractivity contribution is 5.85. The fourth-order valence-corrected chi connectivity index (χ4v) is 1.90. The largest absolute Gasteiger partial charge is 0.409 e. The number of oxime groups is 1. The van der Waals surface area contributed by atoms with Crippen molar-refractivity contribution in [1.29, 1.82) is 0 Å². The van der Waals surface area contributed by atoms with Crippen LogP contribution in [0.15, 0.2) is 16.8 Å². The Balaban J connectivity index is 2.22. The van der Waals surface area contributed by atoms with Crippen LogP contribution in [-0.4, -0.2) is 23.6 Å². The van der Waals surface area contributed by atoms with Gasteiger partial charge in [-0.15, -0.1) is 0 Å². The van der Waals surface area contributed by atoms with Crippen molar-refractivity contribution in [3.05, 3.63) is 11.6 Å². The first-order valence-corrected chi connectivity index (χ1v) is 5.66. The quantitative estimate of drug-likeness (QED) is 0.205. The average molecular weight is 211 g/mol. The highest BCUT2D eigenvalue weighted by Crippen LogP contribution is 2.19. The number of allylic oxidation sites excluding steroid dienone is 1. The van der Waals surface area contributed by atoms with Crippen molar-refractivity contribution in [2.24, 2.45) is 10.9 Å². The van der Waals surface area contributed by atoms with Gasteiger partial charge < -0.3 is 16.3 Å². The molecule has 0 spiro atoms. The lowest BCUT2D eigenvalue weighted by molar-refractivity contribution is 0.314. The molecule has 1 aliphatic rings. The lowest BCUT2D eigenvalue weighted by atomic mass is 10.1. The van der Waals surface area contributed by atoms with E-state index in [0.717, 1.165) is 19.4 Å². The molecule has 0 aromatic heterocycles. The Kier molecular flexibility index (Phi) is 5.18. The van der Waals surface area contributed by atoms with Crippen LogP contribution in [0.2, 0.25) is 0 Å². The molecule has 0 bridgehead atoms. The van der Waals surface area contributed by atoms with Crippen LogP contribution in [0.1, 0.15) is 39.0 Å². The summed E-state index contributed by atoms with van der Waals surface area (Å²) >= 11 is 0. The van der Waals surface area contributed by atoms with Gasteiger partial charge in [0.25, 0.3) is 0 Å². The molecule has 4 nitrogen and oxygen atoms in total. The van der Waals surface area contributed by atoms with Crippen molar-refractivity contribution in [1.82, 2.24) is 5.32 Å². The molecule has 0 aromatic rings. The highest BCUT2D eigenvalue weighted by Gasteiger charge is 2.11. The number of nitrogens with two attached hydrogens (primary N) is 1. The topological polar surface area (TPSA) is 70.6 Å². The lowest BCUT2D eigenvalue weighted by Crippen LogP contribution is -2.41. The molecule has 0 fully saturated rings. The van der Waals surface area contributed by atoms with E-state index in [1.54, 1.807) is 0 Å². The second kappa shape index (κ2) is 6.45. The summed E-state index contributed by atoms with van der Waals surface area (Å²) in [4.78, 5) is 0. The molecule has 15 heavy (non-hydrogen) atoms. The number of hydrogen-bond acceptors (Lipinski definition) is 3. The van der Waals surface area contributed by atoms with Gasteiger partial charge in [-0.3, -0.25) is 0 Å². The predicted molar refractivity (Wildman–Crippen MR) is 62.0 cm³/mol. The summed E-state index contributed by atoms with van der Waals surface area (Å²) in [5, 5.41) is 14.9. The van der Waals surface area contributed by atoms with Crippen molar-refractivity contribution < 1.29 is 5.21 Å². The third-order valence-electron chi connectivity index (χ3n) is 2.85. The summed E-state index contributed by atoms with van der Waals surface area (Å²) in [5.41, 5.74) is 7.08. The second-order valence-corrected chi connectivity index (χ2v) is 3.94. The van der Waals surface area contributed by atoms with Gasteiger partial charge in [0.2, 0.25) is 0 Å². The van der Waals surface area contributed by atoms with E-state index in [0.29, 0.717) is 0 Å². The number of hydrogen-bond donors (Lipinski definition) is 3. The number of nitrogens with one attached hydrogen (secondary N) is 1. The van der Waals surface area contributed by atoms with Gasteiger partial charge in [-0.25, -0.2) is 0 Å². The van der Waals surface area contributed by atoms with Crippen LogP contribution >= 0.6 is 0 Å². The molecule has 0 heterocycles. The maximum atomic E-state index is 8.56. The van der Waals surface area contributed by atoms with Gasteiger partial charge in [0.05, 0.1) is 6.04 Å². The van der Waals surface area contributed by atoms with Gasteiger partial charge in [-0.2, -0.15) is 0 Å². The molecule has 0 aliphatic heterocycles. The minimum atomic E-state index is -0.00277. The van der Waals surface area contributed by atoms with E-state index in [-0.39, 0.29) is 11.9 Å². The molecular weight excluding hydrogens is 190 g/mol. The summed E-state index contributed by atoms with van der Waals surface area (Å²) in [7, 11) is 0. The SMILES string of the molecule is CCC(NCCC1=CCCC1)C(N)=NO. The van der Waals surface area contributed by atoms with Crippen LogP contribution in [-0.2, 0) is 0 Å². The molecular formula is C11H21N3O. The first-order chi connectivity index (χ1) is 7.27. The first kappa shape index (κ1) is 12.0. The van der Waals surface area contributed by atoms with Crippen molar-refractivity contribution in [2.75, 3.05) is 6.54 Å². The molecule has 0 radical (unpaired) electrons. The monoisotopic (exact) mass is 211 g/mol. The minimum Gasteiger partial charge on any atom is -0.409 e. The van der Waals surface area contributed by atoms with Crippen molar-refractivity contribution >= 4 is 5.84 Å². The van der Waals surface area contributed by atoms with Gasteiger partial charge in [-0.1, -0.05) is 23.7 Å². The van der Waals surface area contributed by atoms with Gasteiger partial charge in [0.15, 0.2) is 5.84 Å². The molecule has 0 aromatic carbocycles. The van der Waals surface area contributed by atoms with E-state index in [4.69, 9.17) is 10.9 Å². The maximum absolute atomic E-state index is 8.56. The molecule has 1 rings (SSSR count). The van der Waals surface area contributed by atoms with E-state index in [1.165, 1.54) is 24.8 Å². The fourth-order valence-electron chi connectivity index (χ4n) is 1.90. The predicted octanol–water partition coefficient (Wildman–Crippen LogP) is 1.60. The Hall–Kier alpha value is -1.03. The molecule has 4 heteroatoms. The minimum absolute atomic E-state index is 0.00277. The van der Waals surface area contributed by atoms with E-state index in [2.05, 4.69) is 16.5 Å². The molecule has 4 N–H and O–H groups in total. The molecule has 1 unspecified atom stereocenters. The average Bonchev–Trinajstić information content (AvgIpc) is 2.76. The van der Waals surface area contributed by atoms with Crippen LogP contribution in [0.3, 0.4) is 0 Å². The zero-order valence-corrected chi connectivity index (χ0v) is 9.37. The van der Waals surface area contributed by atoms with E-state index in [1.807, 2.05) is 6.92 Å². The number of rotatable bonds is 6. The van der Waals surface area contributed by atoms with Crippen LogP contribution in [0.4, 0.5) is 0 Å². The summed E-state index contributed by atoms with van der Waals surface area (Å²) < 4.78 is 0. The Labute approximate surface area is 91.2 Å². The summed E-state index contributed by atoms with van der Waals surface area (Å²) in [5.74, 6) is 0.276. The Bertz CT molecular complexity index is 248. The Morgan fingerprint density at radius 3 is 3.07 bits per heavy atom. The third-order valence-corrected chi connectivity index (χ3v) is 2.85. The molecule has 0 saturated carbocycles. The normalized spacial score (nSPS) is 19.0. The lowest BCUT2D eigenvalue weighted by Gasteiger charge is -2.15. The molecule has 1 atom stereocenters. The molecule has 0 saturated heterocycles. The standard InChI is InChI=1S/C11H21N3O/c1-2-10(11(12)14-15)13-8-7-9-5-3-4-6-9/h5,10,13,15H,2-4,6-8H2,1H3,(H2,12,14). The molecule has 0 amide bonds. The summed E-state index contributed by atoms with van der Waals surface area (Å²) in [6.07, 6.45) is 8.01. The van der Waals surface area contributed by atoms with E-state index >= 15 is 0 Å². The Morgan fingerprint density at radius 2 is 2.53 bits per heavy atom. The van der Waals surface area contributed by atoms with Crippen LogP contribution in [0, 0.1) is 0 Å². The van der Waals surface area contributed by atoms with Gasteiger partial charge >= 0.3 is 0 Å². The van der Waals surface area contributed by atoms with Crippen LogP contribution < -0.4 is 11.1 Å². The maximum Gasteiger partial charge on any atom is 0.156 e. The zero-order chi connectivity index (χ0) is 11.1. The van der Waals surface area contributed by atoms with Crippen molar-refractivity contribution in [3.8, 4) is 0 Å². The Morgan fingerprint density at radius 1 is 1.73 bits per heavy atom. The van der Waals surface area contributed by atoms with E-state index < -0.39 is 0 Å². The van der Waals surface area contributed by atoms with Crippen LogP contribution in [0.5, 0.6) is 0 Å². The molecule has 86 valence electrons. The van der Waals surface area contributed by atoms with E-state index in [9.17, 15) is 0 Å². The number of nitrogens with zero attached hydrogens (tertiary/aromatic N) is 1. The fraction of sp³-hybridized carbons (Fsp3) is 0.727.